The number of hydrogen-bond acceptors (Lipinski definition) is 1. The van der Waals surface area contributed by atoms with Gasteiger partial charge in [-0.05, 0) is 42.0 Å². The van der Waals surface area contributed by atoms with Crippen LogP contribution in [0.4, 0.5) is 0 Å². The van der Waals surface area contributed by atoms with Gasteiger partial charge in [0.25, 0.3) is 0 Å². The summed E-state index contributed by atoms with van der Waals surface area (Å²) in [4.78, 5) is 0. The van der Waals surface area contributed by atoms with E-state index in [0.29, 0.717) is 5.75 Å². The van der Waals surface area contributed by atoms with Gasteiger partial charge in [-0.3, -0.25) is 0 Å². The molecule has 0 saturated heterocycles. The average molecular weight is 409 g/mol. The van der Waals surface area contributed by atoms with E-state index in [9.17, 15) is 5.11 Å². The monoisotopic (exact) mass is 408 g/mol. The lowest BCUT2D eigenvalue weighted by Crippen LogP contribution is -2.22. The van der Waals surface area contributed by atoms with Gasteiger partial charge in [0.1, 0.15) is 5.75 Å². The summed E-state index contributed by atoms with van der Waals surface area (Å²) < 4.78 is 0. The van der Waals surface area contributed by atoms with E-state index in [-0.39, 0.29) is 5.41 Å². The Morgan fingerprint density at radius 1 is 0.700 bits per heavy atom. The SMILES string of the molecule is CCCCCCCCCCCCc1c(CC)ccc(O)c1C(C)(C)c1ccccc1. The van der Waals surface area contributed by atoms with Crippen molar-refractivity contribution in [2.75, 3.05) is 0 Å². The van der Waals surface area contributed by atoms with Crippen LogP contribution in [0.15, 0.2) is 42.5 Å². The lowest BCUT2D eigenvalue weighted by molar-refractivity contribution is 0.449. The highest BCUT2D eigenvalue weighted by atomic mass is 16.3. The summed E-state index contributed by atoms with van der Waals surface area (Å²) in [6.45, 7) is 9.01. The lowest BCUT2D eigenvalue weighted by atomic mass is 9.73. The molecular weight excluding hydrogens is 364 g/mol. The number of aryl methyl sites for hydroxylation is 1. The molecule has 0 saturated carbocycles. The molecule has 0 bridgehead atoms. The van der Waals surface area contributed by atoms with Crippen molar-refractivity contribution < 1.29 is 5.11 Å². The van der Waals surface area contributed by atoms with Crippen LogP contribution >= 0.6 is 0 Å². The maximum absolute atomic E-state index is 10.9. The van der Waals surface area contributed by atoms with Crippen molar-refractivity contribution in [3.05, 3.63) is 64.7 Å². The van der Waals surface area contributed by atoms with Crippen LogP contribution in [-0.4, -0.2) is 5.11 Å². The summed E-state index contributed by atoms with van der Waals surface area (Å²) in [6, 6.07) is 14.7. The third kappa shape index (κ3) is 6.89. The number of rotatable bonds is 14. The molecule has 0 aliphatic carbocycles. The molecule has 1 nitrogen and oxygen atoms in total. The third-order valence-electron chi connectivity index (χ3n) is 6.67. The van der Waals surface area contributed by atoms with Gasteiger partial charge in [0, 0.05) is 11.0 Å². The zero-order valence-electron chi connectivity index (χ0n) is 20.0. The van der Waals surface area contributed by atoms with Crippen molar-refractivity contribution in [2.24, 2.45) is 0 Å². The molecule has 1 N–H and O–H groups in total. The number of phenols is 1. The summed E-state index contributed by atoms with van der Waals surface area (Å²) in [5.41, 5.74) is 4.96. The minimum atomic E-state index is -0.204. The molecule has 0 amide bonds. The summed E-state index contributed by atoms with van der Waals surface area (Å²) in [5.74, 6) is 0.447. The van der Waals surface area contributed by atoms with Gasteiger partial charge in [-0.15, -0.1) is 0 Å². The molecular formula is C29H44O. The maximum atomic E-state index is 10.9. The molecule has 2 aromatic rings. The summed E-state index contributed by atoms with van der Waals surface area (Å²) >= 11 is 0. The summed E-state index contributed by atoms with van der Waals surface area (Å²) in [6.07, 6.45) is 15.6. The molecule has 0 aromatic heterocycles. The largest absolute Gasteiger partial charge is 0.508 e. The van der Waals surface area contributed by atoms with E-state index in [0.717, 1.165) is 18.4 Å². The van der Waals surface area contributed by atoms with Crippen LogP contribution in [0.25, 0.3) is 0 Å². The van der Waals surface area contributed by atoms with Crippen LogP contribution in [0.3, 0.4) is 0 Å². The van der Waals surface area contributed by atoms with Crippen LogP contribution < -0.4 is 0 Å². The van der Waals surface area contributed by atoms with Crippen molar-refractivity contribution in [1.29, 1.82) is 0 Å². The van der Waals surface area contributed by atoms with Crippen LogP contribution in [0.1, 0.15) is 114 Å². The third-order valence-corrected chi connectivity index (χ3v) is 6.67. The molecule has 0 spiro atoms. The first kappa shape index (κ1) is 24.5. The standard InChI is InChI=1S/C29H44O/c1-5-7-8-9-10-11-12-13-14-18-21-26-24(6-2)22-23-27(30)28(26)29(3,4)25-19-16-15-17-20-25/h15-17,19-20,22-23,30H,5-14,18,21H2,1-4H3. The number of unbranched alkanes of at least 4 members (excludes halogenated alkanes) is 9. The van der Waals surface area contributed by atoms with Crippen molar-refractivity contribution >= 4 is 0 Å². The van der Waals surface area contributed by atoms with Gasteiger partial charge in [0.05, 0.1) is 0 Å². The van der Waals surface area contributed by atoms with E-state index in [2.05, 4.69) is 64.1 Å². The first-order valence-electron chi connectivity index (χ1n) is 12.4. The fraction of sp³-hybridized carbons (Fsp3) is 0.586. The highest BCUT2D eigenvalue weighted by molar-refractivity contribution is 5.53. The second kappa shape index (κ2) is 12.8. The zero-order valence-corrected chi connectivity index (χ0v) is 20.0. The first-order chi connectivity index (χ1) is 14.5. The molecule has 0 heterocycles. The Balaban J connectivity index is 1.99. The topological polar surface area (TPSA) is 20.2 Å². The molecule has 30 heavy (non-hydrogen) atoms. The van der Waals surface area contributed by atoms with Crippen molar-refractivity contribution in [3.63, 3.8) is 0 Å². The first-order valence-corrected chi connectivity index (χ1v) is 12.4. The Hall–Kier alpha value is -1.76. The van der Waals surface area contributed by atoms with Gasteiger partial charge < -0.3 is 5.11 Å². The molecule has 2 aromatic carbocycles. The molecule has 0 fully saturated rings. The highest BCUT2D eigenvalue weighted by Gasteiger charge is 2.29. The molecule has 166 valence electrons. The number of benzene rings is 2. The van der Waals surface area contributed by atoms with Crippen LogP contribution in [0.5, 0.6) is 5.75 Å². The predicted octanol–water partition coefficient (Wildman–Crippen LogP) is 8.74. The number of hydrogen-bond donors (Lipinski definition) is 1. The van der Waals surface area contributed by atoms with Gasteiger partial charge in [-0.1, -0.05) is 122 Å². The van der Waals surface area contributed by atoms with Crippen molar-refractivity contribution in [2.45, 2.75) is 110 Å². The predicted molar refractivity (Wildman–Crippen MR) is 132 cm³/mol. The Kier molecular flexibility index (Phi) is 10.5. The van der Waals surface area contributed by atoms with E-state index in [1.54, 1.807) is 0 Å². The Morgan fingerprint density at radius 2 is 1.27 bits per heavy atom. The van der Waals surface area contributed by atoms with Crippen LogP contribution in [0.2, 0.25) is 0 Å². The fourth-order valence-corrected chi connectivity index (χ4v) is 4.78. The van der Waals surface area contributed by atoms with Gasteiger partial charge in [-0.2, -0.15) is 0 Å². The zero-order chi connectivity index (χ0) is 21.8. The van der Waals surface area contributed by atoms with Crippen LogP contribution in [-0.2, 0) is 18.3 Å². The minimum Gasteiger partial charge on any atom is -0.508 e. The van der Waals surface area contributed by atoms with Gasteiger partial charge in [0.15, 0.2) is 0 Å². The van der Waals surface area contributed by atoms with Gasteiger partial charge >= 0.3 is 0 Å². The van der Waals surface area contributed by atoms with E-state index >= 15 is 0 Å². The normalized spacial score (nSPS) is 11.7. The molecule has 0 radical (unpaired) electrons. The molecule has 0 aliphatic rings. The fourth-order valence-electron chi connectivity index (χ4n) is 4.78. The number of phenolic OH excluding ortho intramolecular Hbond substituents is 1. The van der Waals surface area contributed by atoms with E-state index in [1.165, 1.54) is 80.9 Å². The number of aromatic hydroxyl groups is 1. The second-order valence-electron chi connectivity index (χ2n) is 9.37. The lowest BCUT2D eigenvalue weighted by Gasteiger charge is -2.31. The van der Waals surface area contributed by atoms with Crippen LogP contribution in [0, 0.1) is 0 Å². The Bertz CT molecular complexity index is 730. The smallest absolute Gasteiger partial charge is 0.119 e. The second-order valence-corrected chi connectivity index (χ2v) is 9.37. The summed E-state index contributed by atoms with van der Waals surface area (Å²) in [7, 11) is 0. The van der Waals surface area contributed by atoms with Gasteiger partial charge in [0.2, 0.25) is 0 Å². The molecule has 1 heteroatoms. The van der Waals surface area contributed by atoms with E-state index in [1.807, 2.05) is 6.07 Å². The Morgan fingerprint density at radius 3 is 1.83 bits per heavy atom. The summed E-state index contributed by atoms with van der Waals surface area (Å²) in [5, 5.41) is 10.9. The average Bonchev–Trinajstić information content (AvgIpc) is 2.75. The van der Waals surface area contributed by atoms with Crippen molar-refractivity contribution in [3.8, 4) is 5.75 Å². The quantitative estimate of drug-likeness (QED) is 0.310. The molecule has 0 unspecified atom stereocenters. The van der Waals surface area contributed by atoms with Crippen molar-refractivity contribution in [1.82, 2.24) is 0 Å². The molecule has 2 rings (SSSR count). The van der Waals surface area contributed by atoms with E-state index in [4.69, 9.17) is 0 Å². The van der Waals surface area contributed by atoms with Gasteiger partial charge in [-0.25, -0.2) is 0 Å². The minimum absolute atomic E-state index is 0.204. The van der Waals surface area contributed by atoms with E-state index < -0.39 is 0 Å². The molecule has 0 atom stereocenters. The maximum Gasteiger partial charge on any atom is 0.119 e. The highest BCUT2D eigenvalue weighted by Crippen LogP contribution is 2.41. The molecule has 0 aliphatic heterocycles. The Labute approximate surface area is 185 Å².